The molecule has 0 radical (unpaired) electrons. The van der Waals surface area contributed by atoms with Crippen molar-refractivity contribution in [2.75, 3.05) is 26.8 Å². The summed E-state index contributed by atoms with van der Waals surface area (Å²) in [6, 6.07) is 15.4. The standard InChI is InChI=1S/C22H27NO4/c1-16-8-9-19(20(14-16)26-2)27-15-21(24)23-12-10-18(11-13-23)22(25)17-6-4-3-5-7-17/h3-9,14,18,22,25H,10-13,15H2,1-2H3. The van der Waals surface area contributed by atoms with Gasteiger partial charge in [0.25, 0.3) is 5.91 Å². The van der Waals surface area contributed by atoms with Crippen molar-refractivity contribution >= 4 is 5.91 Å². The van der Waals surface area contributed by atoms with E-state index in [1.165, 1.54) is 0 Å². The van der Waals surface area contributed by atoms with Gasteiger partial charge in [0.1, 0.15) is 0 Å². The minimum atomic E-state index is -0.475. The molecule has 144 valence electrons. The first-order valence-corrected chi connectivity index (χ1v) is 9.36. The van der Waals surface area contributed by atoms with Crippen LogP contribution in [0.5, 0.6) is 11.5 Å². The summed E-state index contributed by atoms with van der Waals surface area (Å²) in [5.41, 5.74) is 2.02. The number of aryl methyl sites for hydroxylation is 1. The Bertz CT molecular complexity index is 754. The number of ether oxygens (including phenoxy) is 2. The first kappa shape index (κ1) is 19.2. The molecular formula is C22H27NO4. The molecule has 0 bridgehead atoms. The Morgan fingerprint density at radius 3 is 2.52 bits per heavy atom. The van der Waals surface area contributed by atoms with Gasteiger partial charge in [0.2, 0.25) is 0 Å². The van der Waals surface area contributed by atoms with E-state index < -0.39 is 6.10 Å². The van der Waals surface area contributed by atoms with E-state index in [9.17, 15) is 9.90 Å². The van der Waals surface area contributed by atoms with Crippen molar-refractivity contribution < 1.29 is 19.4 Å². The SMILES string of the molecule is COc1cc(C)ccc1OCC(=O)N1CCC(C(O)c2ccccc2)CC1. The van der Waals surface area contributed by atoms with E-state index in [0.29, 0.717) is 24.6 Å². The highest BCUT2D eigenvalue weighted by Crippen LogP contribution is 2.31. The first-order chi connectivity index (χ1) is 13.1. The molecule has 2 aromatic carbocycles. The zero-order chi connectivity index (χ0) is 19.2. The third-order valence-corrected chi connectivity index (χ3v) is 5.15. The fourth-order valence-corrected chi connectivity index (χ4v) is 3.51. The molecule has 1 aliphatic heterocycles. The van der Waals surface area contributed by atoms with Crippen molar-refractivity contribution in [1.82, 2.24) is 4.90 Å². The van der Waals surface area contributed by atoms with Crippen LogP contribution in [0, 0.1) is 12.8 Å². The minimum Gasteiger partial charge on any atom is -0.493 e. The summed E-state index contributed by atoms with van der Waals surface area (Å²) in [7, 11) is 1.59. The summed E-state index contributed by atoms with van der Waals surface area (Å²) in [6.45, 7) is 3.25. The summed E-state index contributed by atoms with van der Waals surface area (Å²) >= 11 is 0. The van der Waals surface area contributed by atoms with Gasteiger partial charge in [-0.2, -0.15) is 0 Å². The molecule has 0 aromatic heterocycles. The van der Waals surface area contributed by atoms with Crippen LogP contribution in [0.3, 0.4) is 0 Å². The fraction of sp³-hybridized carbons (Fsp3) is 0.409. The van der Waals surface area contributed by atoms with Crippen LogP contribution < -0.4 is 9.47 Å². The average Bonchev–Trinajstić information content (AvgIpc) is 2.72. The van der Waals surface area contributed by atoms with Gasteiger partial charge >= 0.3 is 0 Å². The van der Waals surface area contributed by atoms with Crippen molar-refractivity contribution in [2.24, 2.45) is 5.92 Å². The van der Waals surface area contributed by atoms with Crippen LogP contribution in [0.15, 0.2) is 48.5 Å². The number of likely N-dealkylation sites (tertiary alicyclic amines) is 1. The second-order valence-corrected chi connectivity index (χ2v) is 7.02. The zero-order valence-corrected chi connectivity index (χ0v) is 15.9. The van der Waals surface area contributed by atoms with Crippen molar-refractivity contribution in [2.45, 2.75) is 25.9 Å². The lowest BCUT2D eigenvalue weighted by molar-refractivity contribution is -0.135. The Morgan fingerprint density at radius 2 is 1.85 bits per heavy atom. The molecule has 3 rings (SSSR count). The number of methoxy groups -OCH3 is 1. The maximum absolute atomic E-state index is 12.5. The molecule has 1 amide bonds. The molecule has 0 aliphatic carbocycles. The molecule has 0 saturated carbocycles. The van der Waals surface area contributed by atoms with Crippen LogP contribution in [0.1, 0.15) is 30.1 Å². The van der Waals surface area contributed by atoms with Crippen LogP contribution in [-0.4, -0.2) is 42.7 Å². The van der Waals surface area contributed by atoms with E-state index >= 15 is 0 Å². The third kappa shape index (κ3) is 4.80. The number of carbonyl (C=O) groups excluding carboxylic acids is 1. The van der Waals surface area contributed by atoms with Gasteiger partial charge < -0.3 is 19.5 Å². The quantitative estimate of drug-likeness (QED) is 0.848. The fourth-order valence-electron chi connectivity index (χ4n) is 3.51. The maximum Gasteiger partial charge on any atom is 0.260 e. The van der Waals surface area contributed by atoms with Gasteiger partial charge in [-0.3, -0.25) is 4.79 Å². The van der Waals surface area contributed by atoms with Crippen LogP contribution in [0.25, 0.3) is 0 Å². The average molecular weight is 369 g/mol. The number of rotatable bonds is 6. The summed E-state index contributed by atoms with van der Waals surface area (Å²) in [6.07, 6.45) is 1.10. The van der Waals surface area contributed by atoms with Gasteiger partial charge in [-0.25, -0.2) is 0 Å². The van der Waals surface area contributed by atoms with E-state index in [-0.39, 0.29) is 18.4 Å². The van der Waals surface area contributed by atoms with E-state index in [1.54, 1.807) is 7.11 Å². The van der Waals surface area contributed by atoms with Crippen molar-refractivity contribution in [3.8, 4) is 11.5 Å². The Morgan fingerprint density at radius 1 is 1.15 bits per heavy atom. The van der Waals surface area contributed by atoms with Crippen molar-refractivity contribution in [3.05, 3.63) is 59.7 Å². The maximum atomic E-state index is 12.5. The molecule has 5 heteroatoms. The summed E-state index contributed by atoms with van der Waals surface area (Å²) < 4.78 is 11.0. The number of hydrogen-bond donors (Lipinski definition) is 1. The number of nitrogens with zero attached hydrogens (tertiary/aromatic N) is 1. The van der Waals surface area contributed by atoms with E-state index in [1.807, 2.05) is 60.4 Å². The number of piperidine rings is 1. The third-order valence-electron chi connectivity index (χ3n) is 5.15. The van der Waals surface area contributed by atoms with Gasteiger partial charge in [-0.05, 0) is 48.9 Å². The van der Waals surface area contributed by atoms with Crippen LogP contribution in [0.2, 0.25) is 0 Å². The molecule has 1 unspecified atom stereocenters. The van der Waals surface area contributed by atoms with E-state index in [4.69, 9.17) is 9.47 Å². The Hall–Kier alpha value is -2.53. The van der Waals surface area contributed by atoms with Gasteiger partial charge in [0.15, 0.2) is 18.1 Å². The first-order valence-electron chi connectivity index (χ1n) is 9.36. The van der Waals surface area contributed by atoms with Gasteiger partial charge in [0.05, 0.1) is 13.2 Å². The number of hydrogen-bond acceptors (Lipinski definition) is 4. The zero-order valence-electron chi connectivity index (χ0n) is 15.9. The molecule has 5 nitrogen and oxygen atoms in total. The lowest BCUT2D eigenvalue weighted by Gasteiger charge is -2.34. The molecule has 2 aromatic rings. The molecule has 27 heavy (non-hydrogen) atoms. The van der Waals surface area contributed by atoms with Crippen LogP contribution in [-0.2, 0) is 4.79 Å². The second-order valence-electron chi connectivity index (χ2n) is 7.02. The highest BCUT2D eigenvalue weighted by molar-refractivity contribution is 5.78. The highest BCUT2D eigenvalue weighted by atomic mass is 16.5. The van der Waals surface area contributed by atoms with Crippen molar-refractivity contribution in [1.29, 1.82) is 0 Å². The predicted molar refractivity (Wildman–Crippen MR) is 104 cm³/mol. The predicted octanol–water partition coefficient (Wildman–Crippen LogP) is 3.35. The number of aliphatic hydroxyl groups excluding tert-OH is 1. The smallest absolute Gasteiger partial charge is 0.260 e. The van der Waals surface area contributed by atoms with Crippen LogP contribution in [0.4, 0.5) is 0 Å². The molecule has 1 fully saturated rings. The second kappa shape index (κ2) is 8.91. The summed E-state index contributed by atoms with van der Waals surface area (Å²) in [5.74, 6) is 1.35. The highest BCUT2D eigenvalue weighted by Gasteiger charge is 2.28. The van der Waals surface area contributed by atoms with Crippen LogP contribution >= 0.6 is 0 Å². The van der Waals surface area contributed by atoms with E-state index in [0.717, 1.165) is 24.0 Å². The Balaban J connectivity index is 1.50. The summed E-state index contributed by atoms with van der Waals surface area (Å²) in [5, 5.41) is 10.6. The normalized spacial score (nSPS) is 16.0. The summed E-state index contributed by atoms with van der Waals surface area (Å²) in [4.78, 5) is 14.3. The molecule has 1 atom stereocenters. The van der Waals surface area contributed by atoms with Gasteiger partial charge in [-0.15, -0.1) is 0 Å². The largest absolute Gasteiger partial charge is 0.493 e. The van der Waals surface area contributed by atoms with E-state index in [2.05, 4.69) is 0 Å². The topological polar surface area (TPSA) is 59.0 Å². The lowest BCUT2D eigenvalue weighted by atomic mass is 9.87. The number of benzene rings is 2. The molecule has 1 saturated heterocycles. The number of aliphatic hydroxyl groups is 1. The van der Waals surface area contributed by atoms with Gasteiger partial charge in [0, 0.05) is 13.1 Å². The molecule has 1 aliphatic rings. The molecular weight excluding hydrogens is 342 g/mol. The number of amides is 1. The van der Waals surface area contributed by atoms with Gasteiger partial charge in [-0.1, -0.05) is 36.4 Å². The molecule has 1 N–H and O–H groups in total. The van der Waals surface area contributed by atoms with Crippen molar-refractivity contribution in [3.63, 3.8) is 0 Å². The monoisotopic (exact) mass is 369 g/mol. The minimum absolute atomic E-state index is 0.00860. The number of carbonyl (C=O) groups is 1. The Labute approximate surface area is 160 Å². The lowest BCUT2D eigenvalue weighted by Crippen LogP contribution is -2.42. The molecule has 0 spiro atoms. The molecule has 1 heterocycles. The Kier molecular flexibility index (Phi) is 6.35.